The number of para-hydroxylation sites is 1. The van der Waals surface area contributed by atoms with Gasteiger partial charge in [0.2, 0.25) is 0 Å². The molecule has 1 atom stereocenters. The lowest BCUT2D eigenvalue weighted by Crippen LogP contribution is -2.39. The molecule has 1 unspecified atom stereocenters. The summed E-state index contributed by atoms with van der Waals surface area (Å²) in [4.78, 5) is -0.390. The zero-order valence-electron chi connectivity index (χ0n) is 12.5. The van der Waals surface area contributed by atoms with E-state index in [0.717, 1.165) is 17.7 Å². The fourth-order valence-corrected chi connectivity index (χ4v) is 4.27. The maximum atomic E-state index is 13.4. The summed E-state index contributed by atoms with van der Waals surface area (Å²) in [5, 5.41) is 3.22. The van der Waals surface area contributed by atoms with Crippen molar-refractivity contribution in [1.82, 2.24) is 5.32 Å². The largest absolute Gasteiger partial charge is 0.308 e. The monoisotopic (exact) mass is 338 g/mol. The van der Waals surface area contributed by atoms with E-state index in [1.165, 1.54) is 4.31 Å². The lowest BCUT2D eigenvalue weighted by atomic mass is 10.2. The summed E-state index contributed by atoms with van der Waals surface area (Å²) < 4.78 is 53.9. The summed E-state index contributed by atoms with van der Waals surface area (Å²) in [5.74, 6) is -1.84. The Hall–Kier alpha value is -1.99. The van der Waals surface area contributed by atoms with Crippen LogP contribution >= 0.6 is 0 Å². The molecule has 2 aromatic rings. The molecule has 4 nitrogen and oxygen atoms in total. The Morgan fingerprint density at radius 1 is 1.13 bits per heavy atom. The van der Waals surface area contributed by atoms with Crippen LogP contribution in [0.1, 0.15) is 12.5 Å². The predicted molar refractivity (Wildman–Crippen MR) is 83.6 cm³/mol. The Morgan fingerprint density at radius 3 is 2.48 bits per heavy atom. The third-order valence-electron chi connectivity index (χ3n) is 3.77. The van der Waals surface area contributed by atoms with E-state index in [-0.39, 0.29) is 17.5 Å². The summed E-state index contributed by atoms with van der Waals surface area (Å²) in [6.45, 7) is 2.57. The fraction of sp³-hybridized carbons (Fsp3) is 0.250. The molecule has 122 valence electrons. The first-order valence-corrected chi connectivity index (χ1v) is 8.62. The van der Waals surface area contributed by atoms with Crippen molar-refractivity contribution in [1.29, 1.82) is 0 Å². The highest BCUT2D eigenvalue weighted by molar-refractivity contribution is 7.92. The standard InChI is InChI=1S/C16H16F2N2O2S/c1-11-10-20(16-5-3-2-4-12(16)9-19-11)23(21,22)15-7-13(17)6-14(18)8-15/h2-8,11,19H,9-10H2,1H3. The summed E-state index contributed by atoms with van der Waals surface area (Å²) in [7, 11) is -4.06. The van der Waals surface area contributed by atoms with E-state index in [0.29, 0.717) is 18.3 Å². The molecule has 2 aromatic carbocycles. The van der Waals surface area contributed by atoms with Crippen molar-refractivity contribution in [2.24, 2.45) is 0 Å². The van der Waals surface area contributed by atoms with Gasteiger partial charge in [0.25, 0.3) is 10.0 Å². The van der Waals surface area contributed by atoms with E-state index in [4.69, 9.17) is 0 Å². The van der Waals surface area contributed by atoms with Crippen LogP contribution in [0.5, 0.6) is 0 Å². The zero-order chi connectivity index (χ0) is 16.6. The molecular formula is C16H16F2N2O2S. The topological polar surface area (TPSA) is 49.4 Å². The smallest absolute Gasteiger partial charge is 0.264 e. The number of nitrogens with zero attached hydrogens (tertiary/aromatic N) is 1. The van der Waals surface area contributed by atoms with Crippen molar-refractivity contribution in [3.8, 4) is 0 Å². The van der Waals surface area contributed by atoms with Gasteiger partial charge in [0.05, 0.1) is 10.6 Å². The van der Waals surface area contributed by atoms with Crippen molar-refractivity contribution >= 4 is 15.7 Å². The molecule has 0 radical (unpaired) electrons. The van der Waals surface area contributed by atoms with Gasteiger partial charge >= 0.3 is 0 Å². The Morgan fingerprint density at radius 2 is 1.78 bits per heavy atom. The van der Waals surface area contributed by atoms with Crippen LogP contribution in [0, 0.1) is 11.6 Å². The highest BCUT2D eigenvalue weighted by Gasteiger charge is 2.30. The van der Waals surface area contributed by atoms with Gasteiger partial charge < -0.3 is 5.32 Å². The SMILES string of the molecule is CC1CN(S(=O)(=O)c2cc(F)cc(F)c2)c2ccccc2CN1. The summed E-state index contributed by atoms with van der Waals surface area (Å²) in [6, 6.07) is 9.31. The van der Waals surface area contributed by atoms with Gasteiger partial charge in [0.15, 0.2) is 0 Å². The average molecular weight is 338 g/mol. The van der Waals surface area contributed by atoms with Gasteiger partial charge in [-0.25, -0.2) is 17.2 Å². The van der Waals surface area contributed by atoms with Crippen molar-refractivity contribution in [3.63, 3.8) is 0 Å². The minimum absolute atomic E-state index is 0.101. The number of halogens is 2. The molecule has 0 saturated heterocycles. The quantitative estimate of drug-likeness (QED) is 0.916. The van der Waals surface area contributed by atoms with Crippen LogP contribution < -0.4 is 9.62 Å². The van der Waals surface area contributed by atoms with E-state index < -0.39 is 21.7 Å². The third kappa shape index (κ3) is 3.07. The number of rotatable bonds is 2. The van der Waals surface area contributed by atoms with E-state index in [9.17, 15) is 17.2 Å². The van der Waals surface area contributed by atoms with E-state index in [1.54, 1.807) is 12.1 Å². The van der Waals surface area contributed by atoms with E-state index in [2.05, 4.69) is 5.32 Å². The van der Waals surface area contributed by atoms with Crippen molar-refractivity contribution in [2.45, 2.75) is 24.4 Å². The van der Waals surface area contributed by atoms with Crippen LogP contribution in [0.3, 0.4) is 0 Å². The number of nitrogens with one attached hydrogen (secondary N) is 1. The van der Waals surface area contributed by atoms with Gasteiger partial charge in [-0.15, -0.1) is 0 Å². The first-order valence-electron chi connectivity index (χ1n) is 7.18. The Balaban J connectivity index is 2.14. The lowest BCUT2D eigenvalue weighted by molar-refractivity contribution is 0.551. The van der Waals surface area contributed by atoms with Gasteiger partial charge in [-0.1, -0.05) is 18.2 Å². The third-order valence-corrected chi connectivity index (χ3v) is 5.52. The summed E-state index contributed by atoms with van der Waals surface area (Å²) in [5.41, 5.74) is 1.34. The minimum atomic E-state index is -4.06. The lowest BCUT2D eigenvalue weighted by Gasteiger charge is -2.26. The van der Waals surface area contributed by atoms with Crippen molar-refractivity contribution < 1.29 is 17.2 Å². The Labute approximate surface area is 133 Å². The second-order valence-electron chi connectivity index (χ2n) is 5.55. The van der Waals surface area contributed by atoms with E-state index in [1.807, 2.05) is 19.1 Å². The van der Waals surface area contributed by atoms with Crippen LogP contribution in [0.2, 0.25) is 0 Å². The molecule has 1 heterocycles. The second-order valence-corrected chi connectivity index (χ2v) is 7.41. The van der Waals surface area contributed by atoms with Gasteiger partial charge in [0, 0.05) is 25.2 Å². The highest BCUT2D eigenvalue weighted by atomic mass is 32.2. The molecule has 0 spiro atoms. The maximum Gasteiger partial charge on any atom is 0.264 e. The Bertz CT molecular complexity index is 819. The van der Waals surface area contributed by atoms with Gasteiger partial charge in [-0.2, -0.15) is 0 Å². The number of benzene rings is 2. The van der Waals surface area contributed by atoms with Crippen molar-refractivity contribution in [3.05, 3.63) is 59.7 Å². The first-order chi connectivity index (χ1) is 10.9. The number of fused-ring (bicyclic) bond motifs is 1. The molecule has 0 aliphatic carbocycles. The average Bonchev–Trinajstić information content (AvgIpc) is 2.66. The van der Waals surface area contributed by atoms with E-state index >= 15 is 0 Å². The molecule has 1 aliphatic heterocycles. The molecule has 0 bridgehead atoms. The molecule has 0 amide bonds. The first kappa shape index (κ1) is 15.9. The van der Waals surface area contributed by atoms with Gasteiger partial charge in [0.1, 0.15) is 11.6 Å². The van der Waals surface area contributed by atoms with Crippen molar-refractivity contribution in [2.75, 3.05) is 10.8 Å². The normalized spacial score (nSPS) is 18.4. The zero-order valence-corrected chi connectivity index (χ0v) is 13.3. The highest BCUT2D eigenvalue weighted by Crippen LogP contribution is 2.29. The number of hydrogen-bond acceptors (Lipinski definition) is 3. The number of sulfonamides is 1. The molecule has 1 N–H and O–H groups in total. The van der Waals surface area contributed by atoms with Crippen LogP contribution in [-0.2, 0) is 16.6 Å². The molecule has 0 aromatic heterocycles. The van der Waals surface area contributed by atoms with Gasteiger partial charge in [-0.05, 0) is 30.7 Å². The molecule has 7 heteroatoms. The maximum absolute atomic E-state index is 13.4. The minimum Gasteiger partial charge on any atom is -0.308 e. The predicted octanol–water partition coefficient (Wildman–Crippen LogP) is 2.65. The van der Waals surface area contributed by atoms with Gasteiger partial charge in [-0.3, -0.25) is 4.31 Å². The molecule has 0 saturated carbocycles. The molecule has 1 aliphatic rings. The van der Waals surface area contributed by atoms with Crippen LogP contribution in [0.15, 0.2) is 47.4 Å². The Kier molecular flexibility index (Phi) is 4.08. The fourth-order valence-electron chi connectivity index (χ4n) is 2.63. The molecule has 0 fully saturated rings. The summed E-state index contributed by atoms with van der Waals surface area (Å²) in [6.07, 6.45) is 0. The summed E-state index contributed by atoms with van der Waals surface area (Å²) >= 11 is 0. The molecule has 23 heavy (non-hydrogen) atoms. The second kappa shape index (κ2) is 5.90. The van der Waals surface area contributed by atoms with Crippen LogP contribution in [0.25, 0.3) is 0 Å². The van der Waals surface area contributed by atoms with Crippen LogP contribution in [-0.4, -0.2) is 21.0 Å². The van der Waals surface area contributed by atoms with Crippen LogP contribution in [0.4, 0.5) is 14.5 Å². The molecule has 3 rings (SSSR count). The number of anilines is 1. The molecular weight excluding hydrogens is 322 g/mol. The number of hydrogen-bond donors (Lipinski definition) is 1.